The zero-order valence-corrected chi connectivity index (χ0v) is 17.1. The maximum Gasteiger partial charge on any atom is 0.410 e. The van der Waals surface area contributed by atoms with Gasteiger partial charge >= 0.3 is 6.09 Å². The molecule has 1 heterocycles. The maximum absolute atomic E-state index is 14.2. The normalized spacial score (nSPS) is 17.8. The van der Waals surface area contributed by atoms with Crippen LogP contribution in [0.3, 0.4) is 0 Å². The number of aliphatic hydroxyl groups is 1. The van der Waals surface area contributed by atoms with Crippen molar-refractivity contribution in [3.8, 4) is 0 Å². The first-order chi connectivity index (χ1) is 12.5. The molecule has 6 nitrogen and oxygen atoms in total. The SMILES string of the molecule is CC(C)(C)OC(=O)N1CCN(C(=O)c2cc(F)c(Br)cc2F)C(CCO)C1. The van der Waals surface area contributed by atoms with E-state index in [0.717, 1.165) is 12.1 Å². The summed E-state index contributed by atoms with van der Waals surface area (Å²) < 4.78 is 33.2. The standard InChI is InChI=1S/C18H23BrF2N2O4/c1-18(2,3)27-17(26)22-5-6-23(11(10-22)4-7-24)16(25)12-8-15(21)13(19)9-14(12)20/h8-9,11,24H,4-7,10H2,1-3H3. The Morgan fingerprint density at radius 2 is 1.93 bits per heavy atom. The minimum absolute atomic E-state index is 0.0711. The molecule has 0 aliphatic carbocycles. The minimum atomic E-state index is -0.842. The van der Waals surface area contributed by atoms with Gasteiger partial charge < -0.3 is 19.6 Å². The highest BCUT2D eigenvalue weighted by Gasteiger charge is 2.35. The van der Waals surface area contributed by atoms with Crippen molar-refractivity contribution in [1.82, 2.24) is 9.80 Å². The summed E-state index contributed by atoms with van der Waals surface area (Å²) in [7, 11) is 0. The molecule has 2 amide bonds. The smallest absolute Gasteiger partial charge is 0.410 e. The third-order valence-corrected chi connectivity index (χ3v) is 4.71. The summed E-state index contributed by atoms with van der Waals surface area (Å²) in [5.41, 5.74) is -1.04. The Hall–Kier alpha value is -1.74. The summed E-state index contributed by atoms with van der Waals surface area (Å²) in [6.07, 6.45) is -0.315. The second-order valence-electron chi connectivity index (χ2n) is 7.34. The van der Waals surface area contributed by atoms with Crippen molar-refractivity contribution in [2.24, 2.45) is 0 Å². The molecule has 0 radical (unpaired) electrons. The number of amides is 2. The van der Waals surface area contributed by atoms with Crippen molar-refractivity contribution >= 4 is 27.9 Å². The van der Waals surface area contributed by atoms with Crippen LogP contribution in [0.1, 0.15) is 37.6 Å². The van der Waals surface area contributed by atoms with E-state index in [2.05, 4.69) is 15.9 Å². The van der Waals surface area contributed by atoms with E-state index in [1.807, 2.05) is 0 Å². The molecule has 0 bridgehead atoms. The van der Waals surface area contributed by atoms with Crippen LogP contribution >= 0.6 is 15.9 Å². The first-order valence-electron chi connectivity index (χ1n) is 8.57. The van der Waals surface area contributed by atoms with E-state index in [1.54, 1.807) is 20.8 Å². The molecule has 1 N–H and O–H groups in total. The molecule has 1 atom stereocenters. The van der Waals surface area contributed by atoms with Gasteiger partial charge in [0.25, 0.3) is 5.91 Å². The number of carbonyl (C=O) groups is 2. The van der Waals surface area contributed by atoms with E-state index in [-0.39, 0.29) is 42.7 Å². The number of hydrogen-bond donors (Lipinski definition) is 1. The second-order valence-corrected chi connectivity index (χ2v) is 8.19. The lowest BCUT2D eigenvalue weighted by Gasteiger charge is -2.41. The van der Waals surface area contributed by atoms with Crippen molar-refractivity contribution in [3.63, 3.8) is 0 Å². The highest BCUT2D eigenvalue weighted by molar-refractivity contribution is 9.10. The lowest BCUT2D eigenvalue weighted by molar-refractivity contribution is 0.00166. The first kappa shape index (κ1) is 21.6. The molecule has 1 aromatic carbocycles. The second kappa shape index (κ2) is 8.52. The van der Waals surface area contributed by atoms with E-state index >= 15 is 0 Å². The van der Waals surface area contributed by atoms with Crippen LogP contribution in [-0.4, -0.2) is 64.8 Å². The number of benzene rings is 1. The number of piperazine rings is 1. The molecule has 0 aromatic heterocycles. The van der Waals surface area contributed by atoms with E-state index in [0.29, 0.717) is 0 Å². The fourth-order valence-corrected chi connectivity index (χ4v) is 3.17. The predicted octanol–water partition coefficient (Wildman–Crippen LogP) is 3.17. The molecular weight excluding hydrogens is 426 g/mol. The van der Waals surface area contributed by atoms with Crippen molar-refractivity contribution in [1.29, 1.82) is 0 Å². The number of ether oxygens (including phenoxy) is 1. The van der Waals surface area contributed by atoms with Crippen molar-refractivity contribution < 1.29 is 28.2 Å². The highest BCUT2D eigenvalue weighted by atomic mass is 79.9. The summed E-state index contributed by atoms with van der Waals surface area (Å²) >= 11 is 2.88. The summed E-state index contributed by atoms with van der Waals surface area (Å²) in [4.78, 5) is 27.8. The van der Waals surface area contributed by atoms with Gasteiger partial charge in [-0.2, -0.15) is 0 Å². The van der Waals surface area contributed by atoms with Gasteiger partial charge in [0, 0.05) is 26.2 Å². The molecule has 1 aliphatic heterocycles. The van der Waals surface area contributed by atoms with Crippen LogP contribution in [0.4, 0.5) is 13.6 Å². The van der Waals surface area contributed by atoms with E-state index in [4.69, 9.17) is 4.74 Å². The lowest BCUT2D eigenvalue weighted by atomic mass is 10.1. The first-order valence-corrected chi connectivity index (χ1v) is 9.37. The van der Waals surface area contributed by atoms with Crippen molar-refractivity contribution in [2.45, 2.75) is 38.8 Å². The lowest BCUT2D eigenvalue weighted by Crippen LogP contribution is -2.57. The summed E-state index contributed by atoms with van der Waals surface area (Å²) in [6.45, 7) is 5.50. The number of hydrogen-bond acceptors (Lipinski definition) is 4. The predicted molar refractivity (Wildman–Crippen MR) is 98.4 cm³/mol. The Labute approximate surface area is 165 Å². The summed E-state index contributed by atoms with van der Waals surface area (Å²) in [5.74, 6) is -2.27. The summed E-state index contributed by atoms with van der Waals surface area (Å²) in [5, 5.41) is 9.32. The largest absolute Gasteiger partial charge is 0.444 e. The molecule has 2 rings (SSSR count). The Morgan fingerprint density at radius 1 is 1.26 bits per heavy atom. The number of rotatable bonds is 3. The van der Waals surface area contributed by atoms with Crippen molar-refractivity contribution in [3.05, 3.63) is 33.8 Å². The average molecular weight is 449 g/mol. The molecular formula is C18H23BrF2N2O4. The summed E-state index contributed by atoms with van der Waals surface area (Å²) in [6, 6.07) is 1.22. The van der Waals surface area contributed by atoms with Crippen LogP contribution in [0.2, 0.25) is 0 Å². The van der Waals surface area contributed by atoms with Gasteiger partial charge in [-0.1, -0.05) is 0 Å². The highest BCUT2D eigenvalue weighted by Crippen LogP contribution is 2.24. The van der Waals surface area contributed by atoms with Gasteiger partial charge in [0.2, 0.25) is 0 Å². The van der Waals surface area contributed by atoms with Crippen LogP contribution in [-0.2, 0) is 4.74 Å². The quantitative estimate of drug-likeness (QED) is 0.720. The van der Waals surface area contributed by atoms with Gasteiger partial charge in [-0.25, -0.2) is 13.6 Å². The van der Waals surface area contributed by atoms with E-state index < -0.39 is 35.3 Å². The van der Waals surface area contributed by atoms with Gasteiger partial charge in [-0.05, 0) is 55.3 Å². The topological polar surface area (TPSA) is 70.1 Å². The van der Waals surface area contributed by atoms with E-state index in [9.17, 15) is 23.5 Å². The molecule has 0 saturated carbocycles. The third-order valence-electron chi connectivity index (χ3n) is 4.10. The fraction of sp³-hybridized carbons (Fsp3) is 0.556. The Bertz CT molecular complexity index is 724. The molecule has 1 unspecified atom stereocenters. The van der Waals surface area contributed by atoms with E-state index in [1.165, 1.54) is 9.80 Å². The Kier molecular flexibility index (Phi) is 6.80. The van der Waals surface area contributed by atoms with Crippen LogP contribution in [0.5, 0.6) is 0 Å². The molecule has 9 heteroatoms. The van der Waals surface area contributed by atoms with Gasteiger partial charge in [0.1, 0.15) is 17.2 Å². The van der Waals surface area contributed by atoms with Crippen LogP contribution in [0.15, 0.2) is 16.6 Å². The zero-order valence-electron chi connectivity index (χ0n) is 15.5. The molecule has 1 fully saturated rings. The molecule has 0 spiro atoms. The van der Waals surface area contributed by atoms with Crippen LogP contribution < -0.4 is 0 Å². The molecule has 1 aromatic rings. The number of carbonyl (C=O) groups excluding carboxylic acids is 2. The third kappa shape index (κ3) is 5.38. The van der Waals surface area contributed by atoms with Gasteiger partial charge in [-0.3, -0.25) is 4.79 Å². The average Bonchev–Trinajstić information content (AvgIpc) is 2.56. The molecule has 27 heavy (non-hydrogen) atoms. The monoisotopic (exact) mass is 448 g/mol. The van der Waals surface area contributed by atoms with Gasteiger partial charge in [0.15, 0.2) is 0 Å². The maximum atomic E-state index is 14.2. The Morgan fingerprint density at radius 3 is 2.52 bits per heavy atom. The van der Waals surface area contributed by atoms with Crippen LogP contribution in [0.25, 0.3) is 0 Å². The Balaban J connectivity index is 2.19. The van der Waals surface area contributed by atoms with Crippen molar-refractivity contribution in [2.75, 3.05) is 26.2 Å². The molecule has 1 saturated heterocycles. The van der Waals surface area contributed by atoms with Gasteiger partial charge in [0.05, 0.1) is 16.1 Å². The number of nitrogens with zero attached hydrogens (tertiary/aromatic N) is 2. The fourth-order valence-electron chi connectivity index (χ4n) is 2.85. The van der Waals surface area contributed by atoms with Crippen LogP contribution in [0, 0.1) is 11.6 Å². The number of halogens is 3. The minimum Gasteiger partial charge on any atom is -0.444 e. The zero-order chi connectivity index (χ0) is 20.4. The molecule has 150 valence electrons. The number of aliphatic hydroxyl groups excluding tert-OH is 1. The van der Waals surface area contributed by atoms with Gasteiger partial charge in [-0.15, -0.1) is 0 Å². The molecule has 1 aliphatic rings.